The summed E-state index contributed by atoms with van der Waals surface area (Å²) in [6.45, 7) is 23.5. The fraction of sp³-hybridized carbons (Fsp3) is 0.644. The smallest absolute Gasteiger partial charge is 0.408 e. The van der Waals surface area contributed by atoms with Gasteiger partial charge < -0.3 is 87.7 Å². The Bertz CT molecular complexity index is 5250. The van der Waals surface area contributed by atoms with E-state index in [1.807, 2.05) is 81.2 Å². The summed E-state index contributed by atoms with van der Waals surface area (Å²) in [5, 5.41) is 10.1. The number of aromatic nitrogens is 3. The molecule has 10 aliphatic rings. The van der Waals surface area contributed by atoms with E-state index in [2.05, 4.69) is 30.9 Å². The average Bonchev–Trinajstić information content (AvgIpc) is 1.57. The van der Waals surface area contributed by atoms with Gasteiger partial charge in [0.1, 0.15) is 88.7 Å². The molecule has 0 spiro atoms. The number of benzene rings is 3. The molecule has 16 rings (SSSR count). The summed E-state index contributed by atoms with van der Waals surface area (Å²) < 4.78 is 149. The minimum Gasteiger partial charge on any atom is -0.540 e. The van der Waals surface area contributed by atoms with Crippen molar-refractivity contribution in [1.82, 2.24) is 45.6 Å². The zero-order valence-corrected chi connectivity index (χ0v) is 85.0. The molecule has 20 atom stereocenters. The maximum atomic E-state index is 16.1. The van der Waals surface area contributed by atoms with Crippen LogP contribution in [0.2, 0.25) is 0 Å². The molecule has 6 aliphatic heterocycles. The normalized spacial score (nSPS) is 30.6. The van der Waals surface area contributed by atoms with E-state index in [1.54, 1.807) is 94.4 Å². The molecule has 27 nitrogen and oxygen atoms in total. The van der Waals surface area contributed by atoms with Gasteiger partial charge in [0.05, 0.1) is 57.5 Å². The average molecular weight is 2020 g/mol. The monoisotopic (exact) mass is 2020 g/mol. The quantitative estimate of drug-likeness (QED) is 0.0724. The Hall–Kier alpha value is -8.75. The molecule has 3 saturated heterocycles. The molecule has 4 aliphatic carbocycles. The molecule has 3 radical (unpaired) electrons. The summed E-state index contributed by atoms with van der Waals surface area (Å²) in [5.41, 5.74) is -3.22. The van der Waals surface area contributed by atoms with Crippen LogP contribution in [0, 0.1) is 63.6 Å². The zero-order chi connectivity index (χ0) is 96.8. The van der Waals surface area contributed by atoms with Crippen molar-refractivity contribution in [2.45, 2.75) is 309 Å². The first-order valence-electron chi connectivity index (χ1n) is 47.5. The van der Waals surface area contributed by atoms with Crippen molar-refractivity contribution in [3.8, 4) is 34.5 Å². The summed E-state index contributed by atoms with van der Waals surface area (Å²) in [7, 11) is 4.56. The Morgan fingerprint density at radius 3 is 1.18 bits per heavy atom. The van der Waals surface area contributed by atoms with Crippen molar-refractivity contribution in [2.24, 2.45) is 63.6 Å². The molecule has 6 bridgehead atoms. The third-order valence-corrected chi connectivity index (χ3v) is 29.3. The summed E-state index contributed by atoms with van der Waals surface area (Å²) in [5.74, 6) is -10.5. The molecule has 745 valence electrons. The summed E-state index contributed by atoms with van der Waals surface area (Å²) >= 11 is 0. The first-order valence-corrected chi connectivity index (χ1v) is 47.5. The van der Waals surface area contributed by atoms with Gasteiger partial charge in [-0.3, -0.25) is 14.4 Å². The van der Waals surface area contributed by atoms with Gasteiger partial charge in [0, 0.05) is 91.1 Å². The number of ether oxygens (including phenoxy) is 9. The number of nitrogens with zero attached hydrogens (tertiary/aromatic N) is 6. The second-order valence-corrected chi connectivity index (χ2v) is 41.7. The summed E-state index contributed by atoms with van der Waals surface area (Å²) in [4.78, 5) is 136. The number of alkyl halides is 6. The Morgan fingerprint density at radius 2 is 0.781 bits per heavy atom. The number of amides is 6. The van der Waals surface area contributed by atoms with Crippen LogP contribution in [0.25, 0.3) is 32.7 Å². The molecule has 6 amide bonds. The summed E-state index contributed by atoms with van der Waals surface area (Å²) in [6, 6.07) is 13.6. The van der Waals surface area contributed by atoms with Gasteiger partial charge in [-0.25, -0.2) is 48.2 Å². The fourth-order valence-electron chi connectivity index (χ4n) is 21.3. The van der Waals surface area contributed by atoms with Gasteiger partial charge >= 0.3 is 18.3 Å². The van der Waals surface area contributed by atoms with Crippen LogP contribution in [-0.4, -0.2) is 198 Å². The molecule has 3 N–H and O–H groups in total. The molecule has 3 aromatic heterocycles. The second kappa shape index (κ2) is 43.8. The maximum Gasteiger partial charge on any atom is 0.408 e. The van der Waals surface area contributed by atoms with E-state index in [4.69, 9.17) is 42.6 Å². The number of hydrogen-bond acceptors (Lipinski definition) is 21. The van der Waals surface area contributed by atoms with Gasteiger partial charge in [-0.1, -0.05) is 133 Å². The van der Waals surface area contributed by atoms with Crippen LogP contribution in [0.4, 0.5) is 40.7 Å². The van der Waals surface area contributed by atoms with Crippen LogP contribution < -0.4 is 44.4 Å². The topological polar surface area (TPSA) is 321 Å². The third-order valence-electron chi connectivity index (χ3n) is 29.3. The Kier molecular flexibility index (Phi) is 34.7. The maximum absolute atomic E-state index is 16.1. The van der Waals surface area contributed by atoms with Crippen molar-refractivity contribution in [1.29, 1.82) is 0 Å². The van der Waals surface area contributed by atoms with E-state index >= 15 is 26.3 Å². The third kappa shape index (κ3) is 24.0. The van der Waals surface area contributed by atoms with E-state index in [-0.39, 0.29) is 142 Å². The molecule has 9 heterocycles. The predicted molar refractivity (Wildman–Crippen MR) is 485 cm³/mol. The second-order valence-electron chi connectivity index (χ2n) is 41.7. The largest absolute Gasteiger partial charge is 0.540 e. The number of halogens is 6. The van der Waals surface area contributed by atoms with Crippen LogP contribution in [0.15, 0.2) is 72.8 Å². The SMILES string of the molecule is CC[C@@H]1[C@@H]2CN(C(=O)[C@H](C(C)(C)C)NC(=O)O[C@@H]3CC4CC4[C@H]3CCCCC(F)(F)c3nc4ccc(OC)cc4cc3O2)[C@@H]1[C-]=O.CC[C@@H]1[C@@H]2CN(C(=O)[C@H](C(C)(C)C)NC(=O)O[C@]3(C)CCC[C@H]3CCCCC(F)(F)c3nc4ccc(OC)cc4cc3O2)[C@@H]1[C-]=O.COc1ccc2nc3c(cc2c1)O[C@H]1CN(C(=O)[C@H](C(C)(C)C)NC(=O)O[C@@H]2C[C@H]2CCCCC3(F)F)[C@H]([C-]=O)[C@@H]1C.[V].[V].[V]. The Balaban J connectivity index is 0.000000195. The van der Waals surface area contributed by atoms with Gasteiger partial charge in [0.2, 0.25) is 17.7 Å². The standard InChI is InChI=1S/C35H44F2N3O6.C35H46F2N3O6.C31H38F2N3O6.3V/c1-6-22-26(18-41)40-17-29(22)45-28-16-20-13-21(44-5)10-11-25(20)38-30(28)35(36,37)12-8-7-9-23-24-14-19(24)15-27(23)46-33(43)39-31(32(40)42)34(2,3)4;1-7-24-26(20-41)40-19-28(24)45-27-18-21-17-23(44-6)13-14-25(21)38-29(27)35(36,37)16-9-8-11-22-12-10-15-34(22,5)46-32(43)39-30(31(40)42)33(2,3)4;1-17-22(16-37)36-15-25(17)41-24-14-19-12-20(40-5)9-10-21(19)34-26(24)31(32,33)11-7-6-8-18-13-23(18)42-29(39)35-27(28(36)38)30(2,3)4;;;/h10-11,13,16,19,22-24,26-27,29,31H,6-9,12,14-15,17H2,1-5H3,(H,39,43);13-14,17-18,22,24,26,28,30H,7-12,15-16,19H2,1-6H3,(H,39,43);9-10,12,14,17-18,22-23,25,27H,6-8,11,13,15H2,1-5H3,(H,35,39);;;/q3*-1;;;/t19?,22-,23+,24?,26+,27+,29-,31+;22-,24+,26-,28+,30-,34-;17-,18+,22+,23+,25-,27+;;;/m010.../s1. The number of nitrogens with one attached hydrogen (secondary N) is 3. The molecule has 36 heteroatoms. The molecule has 7 fully saturated rings. The van der Waals surface area contributed by atoms with E-state index in [0.29, 0.717) is 126 Å². The van der Waals surface area contributed by atoms with Crippen molar-refractivity contribution in [2.75, 3.05) is 41.0 Å². The number of alkyl carbamates (subject to hydrolysis) is 3. The van der Waals surface area contributed by atoms with Gasteiger partial charge in [-0.05, 0) is 220 Å². The van der Waals surface area contributed by atoms with Crippen molar-refractivity contribution < 1.29 is 168 Å². The molecular formula is C101H128F6N9O18V3-3. The number of rotatable bonds is 8. The first kappa shape index (κ1) is 109. The van der Waals surface area contributed by atoms with E-state index in [9.17, 15) is 43.2 Å². The first-order chi connectivity index (χ1) is 63.4. The molecule has 2 unspecified atom stereocenters. The van der Waals surface area contributed by atoms with Crippen LogP contribution in [0.5, 0.6) is 34.5 Å². The number of carbonyl (C=O) groups is 6. The summed E-state index contributed by atoms with van der Waals surface area (Å²) in [6.07, 6.45) is 9.49. The van der Waals surface area contributed by atoms with E-state index in [1.165, 1.54) is 42.1 Å². The molecular weight excluding hydrogens is 1890 g/mol. The van der Waals surface area contributed by atoms with Gasteiger partial charge in [-0.15, -0.1) is 0 Å². The van der Waals surface area contributed by atoms with Gasteiger partial charge in [0.15, 0.2) is 17.1 Å². The number of fused-ring (bicyclic) bond motifs is 17. The number of methoxy groups -OCH3 is 3. The van der Waals surface area contributed by atoms with Crippen molar-refractivity contribution in [3.05, 3.63) is 89.9 Å². The van der Waals surface area contributed by atoms with E-state index < -0.39 is 184 Å². The molecule has 3 aromatic carbocycles. The van der Waals surface area contributed by atoms with Crippen LogP contribution in [0.1, 0.15) is 236 Å². The Morgan fingerprint density at radius 1 is 0.423 bits per heavy atom. The minimum atomic E-state index is -3.31. The fourth-order valence-corrected chi connectivity index (χ4v) is 21.3. The predicted octanol–water partition coefficient (Wildman–Crippen LogP) is 18.0. The number of carbonyl (C=O) groups excluding carboxylic acids is 9. The molecule has 137 heavy (non-hydrogen) atoms. The van der Waals surface area contributed by atoms with E-state index in [0.717, 1.165) is 25.7 Å². The number of hydrogen-bond donors (Lipinski definition) is 3. The van der Waals surface area contributed by atoms with Crippen molar-refractivity contribution >= 4 is 87.6 Å². The van der Waals surface area contributed by atoms with Crippen LogP contribution in [-0.2, 0) is 116 Å². The molecule has 4 saturated carbocycles. The molecule has 6 aromatic rings. The van der Waals surface area contributed by atoms with Gasteiger partial charge in [-0.2, -0.15) is 26.3 Å². The minimum absolute atomic E-state index is 0. The van der Waals surface area contributed by atoms with Crippen LogP contribution in [0.3, 0.4) is 0 Å². The van der Waals surface area contributed by atoms with Crippen molar-refractivity contribution in [3.63, 3.8) is 0 Å². The van der Waals surface area contributed by atoms with Crippen LogP contribution >= 0.6 is 0 Å². The number of pyridine rings is 3. The zero-order valence-electron chi connectivity index (χ0n) is 80.8. The Labute approximate surface area is 833 Å². The van der Waals surface area contributed by atoms with Gasteiger partial charge in [0.25, 0.3) is 17.8 Å².